The SMILES string of the molecule is OC(CBr)c1c[nH]c2ncnc(Cl)c12. The van der Waals surface area contributed by atoms with Crippen molar-refractivity contribution in [2.45, 2.75) is 6.10 Å². The molecule has 0 radical (unpaired) electrons. The van der Waals surface area contributed by atoms with E-state index in [2.05, 4.69) is 30.9 Å². The number of hydrogen-bond donors (Lipinski definition) is 2. The average Bonchev–Trinajstić information content (AvgIpc) is 2.62. The first kappa shape index (κ1) is 9.89. The molecule has 2 heterocycles. The van der Waals surface area contributed by atoms with Crippen LogP contribution in [0.3, 0.4) is 0 Å². The van der Waals surface area contributed by atoms with E-state index in [4.69, 9.17) is 11.6 Å². The molecule has 2 rings (SSSR count). The van der Waals surface area contributed by atoms with Gasteiger partial charge in [0.15, 0.2) is 0 Å². The summed E-state index contributed by atoms with van der Waals surface area (Å²) in [7, 11) is 0. The van der Waals surface area contributed by atoms with Crippen LogP contribution in [-0.4, -0.2) is 25.4 Å². The van der Waals surface area contributed by atoms with Crippen LogP contribution >= 0.6 is 27.5 Å². The maximum Gasteiger partial charge on any atom is 0.142 e. The third-order valence-corrected chi connectivity index (χ3v) is 2.86. The maximum absolute atomic E-state index is 9.66. The normalized spacial score (nSPS) is 13.4. The minimum absolute atomic E-state index is 0.353. The van der Waals surface area contributed by atoms with Crippen molar-refractivity contribution in [2.24, 2.45) is 0 Å². The molecule has 0 bridgehead atoms. The van der Waals surface area contributed by atoms with Crippen LogP contribution in [0.25, 0.3) is 11.0 Å². The zero-order valence-corrected chi connectivity index (χ0v) is 9.38. The molecule has 2 aromatic rings. The minimum atomic E-state index is -0.604. The Morgan fingerprint density at radius 1 is 1.57 bits per heavy atom. The monoisotopic (exact) mass is 275 g/mol. The second kappa shape index (κ2) is 3.84. The van der Waals surface area contributed by atoms with Gasteiger partial charge < -0.3 is 10.1 Å². The first-order valence-corrected chi connectivity index (χ1v) is 5.45. The van der Waals surface area contributed by atoms with Crippen LogP contribution < -0.4 is 0 Å². The number of nitrogens with one attached hydrogen (secondary N) is 1. The van der Waals surface area contributed by atoms with E-state index >= 15 is 0 Å². The second-order valence-electron chi connectivity index (χ2n) is 2.80. The van der Waals surface area contributed by atoms with Crippen molar-refractivity contribution in [3.05, 3.63) is 23.2 Å². The highest BCUT2D eigenvalue weighted by molar-refractivity contribution is 9.09. The van der Waals surface area contributed by atoms with Gasteiger partial charge in [-0.25, -0.2) is 9.97 Å². The topological polar surface area (TPSA) is 61.8 Å². The smallest absolute Gasteiger partial charge is 0.142 e. The van der Waals surface area contributed by atoms with E-state index < -0.39 is 6.10 Å². The highest BCUT2D eigenvalue weighted by atomic mass is 79.9. The van der Waals surface area contributed by atoms with Gasteiger partial charge in [0.05, 0.1) is 11.5 Å². The molecule has 0 amide bonds. The van der Waals surface area contributed by atoms with Crippen molar-refractivity contribution in [2.75, 3.05) is 5.33 Å². The van der Waals surface area contributed by atoms with Crippen LogP contribution in [-0.2, 0) is 0 Å². The molecule has 0 aliphatic carbocycles. The standard InChI is InChI=1S/C8H7BrClN3O/c9-1-5(14)4-2-11-8-6(4)7(10)12-3-13-8/h2-3,5,14H,1H2,(H,11,12,13). The Hall–Kier alpha value is -0.650. The molecule has 0 spiro atoms. The van der Waals surface area contributed by atoms with Crippen LogP contribution in [0.1, 0.15) is 11.7 Å². The third-order valence-electron chi connectivity index (χ3n) is 1.96. The van der Waals surface area contributed by atoms with Gasteiger partial charge in [-0.2, -0.15) is 0 Å². The lowest BCUT2D eigenvalue weighted by molar-refractivity contribution is 0.207. The summed E-state index contributed by atoms with van der Waals surface area (Å²) in [4.78, 5) is 10.8. The molecule has 0 aliphatic rings. The van der Waals surface area contributed by atoms with Gasteiger partial charge in [0.1, 0.15) is 17.1 Å². The van der Waals surface area contributed by atoms with Crippen molar-refractivity contribution in [3.63, 3.8) is 0 Å². The van der Waals surface area contributed by atoms with E-state index in [-0.39, 0.29) is 0 Å². The van der Waals surface area contributed by atoms with Crippen LogP contribution in [0.5, 0.6) is 0 Å². The van der Waals surface area contributed by atoms with Crippen molar-refractivity contribution in [1.82, 2.24) is 15.0 Å². The summed E-state index contributed by atoms with van der Waals surface area (Å²) in [6, 6.07) is 0. The minimum Gasteiger partial charge on any atom is -0.387 e. The molecule has 2 N–H and O–H groups in total. The van der Waals surface area contributed by atoms with Gasteiger partial charge in [0.25, 0.3) is 0 Å². The number of hydrogen-bond acceptors (Lipinski definition) is 3. The van der Waals surface area contributed by atoms with Gasteiger partial charge in [-0.1, -0.05) is 27.5 Å². The van der Waals surface area contributed by atoms with Crippen LogP contribution in [0.4, 0.5) is 0 Å². The van der Waals surface area contributed by atoms with E-state index in [1.165, 1.54) is 6.33 Å². The lowest BCUT2D eigenvalue weighted by Crippen LogP contribution is -1.97. The Kier molecular flexibility index (Phi) is 2.71. The molecule has 14 heavy (non-hydrogen) atoms. The lowest BCUT2D eigenvalue weighted by Gasteiger charge is -2.04. The summed E-state index contributed by atoms with van der Waals surface area (Å²) in [5, 5.41) is 11.1. The average molecular weight is 277 g/mol. The number of alkyl halides is 1. The number of halogens is 2. The molecule has 74 valence electrons. The fraction of sp³-hybridized carbons (Fsp3) is 0.250. The first-order valence-electron chi connectivity index (χ1n) is 3.95. The second-order valence-corrected chi connectivity index (χ2v) is 3.81. The van der Waals surface area contributed by atoms with Gasteiger partial charge in [0.2, 0.25) is 0 Å². The fourth-order valence-electron chi connectivity index (χ4n) is 1.29. The van der Waals surface area contributed by atoms with Crippen molar-refractivity contribution >= 4 is 38.6 Å². The third kappa shape index (κ3) is 1.51. The Morgan fingerprint density at radius 2 is 2.36 bits per heavy atom. The highest BCUT2D eigenvalue weighted by Crippen LogP contribution is 2.28. The molecule has 0 aliphatic heterocycles. The van der Waals surface area contributed by atoms with Crippen LogP contribution in [0, 0.1) is 0 Å². The molecule has 1 unspecified atom stereocenters. The molecule has 4 nitrogen and oxygen atoms in total. The molecular formula is C8H7BrClN3O. The summed E-state index contributed by atoms with van der Waals surface area (Å²) in [6.07, 6.45) is 2.47. The molecule has 2 aromatic heterocycles. The van der Waals surface area contributed by atoms with Crippen molar-refractivity contribution in [1.29, 1.82) is 0 Å². The van der Waals surface area contributed by atoms with Crippen molar-refractivity contribution < 1.29 is 5.11 Å². The van der Waals surface area contributed by atoms with Gasteiger partial charge in [-0.05, 0) is 0 Å². The molecule has 0 saturated carbocycles. The molecule has 0 fully saturated rings. The number of rotatable bonds is 2. The Balaban J connectivity index is 2.67. The number of fused-ring (bicyclic) bond motifs is 1. The number of aliphatic hydroxyl groups is 1. The van der Waals surface area contributed by atoms with Crippen molar-refractivity contribution in [3.8, 4) is 0 Å². The summed E-state index contributed by atoms with van der Waals surface area (Å²) in [5.74, 6) is 0. The van der Waals surface area contributed by atoms with E-state index in [0.29, 0.717) is 27.1 Å². The quantitative estimate of drug-likeness (QED) is 0.652. The summed E-state index contributed by atoms with van der Waals surface area (Å²) >= 11 is 9.11. The number of aromatic nitrogens is 3. The number of aliphatic hydroxyl groups excluding tert-OH is 1. The van der Waals surface area contributed by atoms with E-state index in [0.717, 1.165) is 0 Å². The summed E-state index contributed by atoms with van der Waals surface area (Å²) in [6.45, 7) is 0. The predicted molar refractivity (Wildman–Crippen MR) is 57.7 cm³/mol. The van der Waals surface area contributed by atoms with Crippen LogP contribution in [0.15, 0.2) is 12.5 Å². The van der Waals surface area contributed by atoms with E-state index in [1.54, 1.807) is 6.20 Å². The first-order chi connectivity index (χ1) is 6.74. The molecule has 6 heteroatoms. The van der Waals surface area contributed by atoms with Gasteiger partial charge in [-0.15, -0.1) is 0 Å². The number of H-pyrrole nitrogens is 1. The summed E-state index contributed by atoms with van der Waals surface area (Å²) in [5.41, 5.74) is 1.35. The van der Waals surface area contributed by atoms with Gasteiger partial charge >= 0.3 is 0 Å². The van der Waals surface area contributed by atoms with Crippen LogP contribution in [0.2, 0.25) is 5.15 Å². The highest BCUT2D eigenvalue weighted by Gasteiger charge is 2.15. The molecule has 0 saturated heterocycles. The Morgan fingerprint density at radius 3 is 3.07 bits per heavy atom. The van der Waals surface area contributed by atoms with Gasteiger partial charge in [-0.3, -0.25) is 0 Å². The predicted octanol–water partition coefficient (Wildman–Crippen LogP) is 2.04. The Labute approximate surface area is 93.5 Å². The molecule has 1 atom stereocenters. The fourth-order valence-corrected chi connectivity index (χ4v) is 1.88. The lowest BCUT2D eigenvalue weighted by atomic mass is 10.1. The zero-order valence-electron chi connectivity index (χ0n) is 7.04. The number of aromatic amines is 1. The molecular weight excluding hydrogens is 269 g/mol. The summed E-state index contributed by atoms with van der Waals surface area (Å²) < 4.78 is 0. The van der Waals surface area contributed by atoms with Gasteiger partial charge in [0, 0.05) is 17.1 Å². The molecule has 0 aromatic carbocycles. The van der Waals surface area contributed by atoms with E-state index in [9.17, 15) is 5.11 Å². The van der Waals surface area contributed by atoms with E-state index in [1.807, 2.05) is 0 Å². The Bertz CT molecular complexity index is 459. The largest absolute Gasteiger partial charge is 0.387 e. The number of nitrogens with zero attached hydrogens (tertiary/aromatic N) is 2. The zero-order chi connectivity index (χ0) is 10.1. The maximum atomic E-state index is 9.66.